The minimum Gasteiger partial charge on any atom is -0.391 e. The molecular weight excluding hydrogens is 216 g/mol. The van der Waals surface area contributed by atoms with E-state index in [0.29, 0.717) is 4.99 Å². The first kappa shape index (κ1) is 11.1. The lowest BCUT2D eigenvalue weighted by molar-refractivity contribution is -0.128. The van der Waals surface area contributed by atoms with Gasteiger partial charge >= 0.3 is 0 Å². The second-order valence-corrected chi connectivity index (χ2v) is 4.40. The SMILES string of the molecule is CC(=O)N(C)C(C(N)=S)c1cccs1. The van der Waals surface area contributed by atoms with E-state index >= 15 is 0 Å². The van der Waals surface area contributed by atoms with Crippen LogP contribution in [0.15, 0.2) is 17.5 Å². The van der Waals surface area contributed by atoms with E-state index in [1.54, 1.807) is 23.3 Å². The standard InChI is InChI=1S/C9H12N2OS2/c1-6(12)11(2)8(9(10)13)7-4-3-5-14-7/h3-5,8H,1-2H3,(H2,10,13). The first-order chi connectivity index (χ1) is 6.54. The molecule has 0 bridgehead atoms. The van der Waals surface area contributed by atoms with Crippen LogP contribution in [0, 0.1) is 0 Å². The molecule has 1 atom stereocenters. The molecule has 0 aliphatic heterocycles. The smallest absolute Gasteiger partial charge is 0.220 e. The fourth-order valence-electron chi connectivity index (χ4n) is 1.15. The Morgan fingerprint density at radius 3 is 2.71 bits per heavy atom. The quantitative estimate of drug-likeness (QED) is 0.799. The first-order valence-corrected chi connectivity index (χ1v) is 5.39. The van der Waals surface area contributed by atoms with E-state index in [4.69, 9.17) is 18.0 Å². The van der Waals surface area contributed by atoms with Gasteiger partial charge in [-0.15, -0.1) is 11.3 Å². The third kappa shape index (κ3) is 2.30. The van der Waals surface area contributed by atoms with Gasteiger partial charge in [-0.2, -0.15) is 0 Å². The molecule has 1 aromatic rings. The summed E-state index contributed by atoms with van der Waals surface area (Å²) in [4.78, 5) is 14.1. The molecule has 0 saturated carbocycles. The molecule has 1 heterocycles. The molecule has 76 valence electrons. The number of hydrogen-bond acceptors (Lipinski definition) is 3. The maximum atomic E-state index is 11.2. The van der Waals surface area contributed by atoms with E-state index in [9.17, 15) is 4.79 Å². The monoisotopic (exact) mass is 228 g/mol. The van der Waals surface area contributed by atoms with Gasteiger partial charge in [0.2, 0.25) is 5.91 Å². The van der Waals surface area contributed by atoms with Crippen LogP contribution < -0.4 is 5.73 Å². The van der Waals surface area contributed by atoms with Crippen molar-refractivity contribution in [1.29, 1.82) is 0 Å². The molecule has 0 spiro atoms. The zero-order valence-electron chi connectivity index (χ0n) is 8.06. The van der Waals surface area contributed by atoms with Crippen LogP contribution in [0.3, 0.4) is 0 Å². The van der Waals surface area contributed by atoms with Crippen molar-refractivity contribution < 1.29 is 4.79 Å². The normalized spacial score (nSPS) is 12.1. The number of nitrogens with zero attached hydrogens (tertiary/aromatic N) is 1. The Morgan fingerprint density at radius 2 is 2.36 bits per heavy atom. The topological polar surface area (TPSA) is 46.3 Å². The van der Waals surface area contributed by atoms with Crippen LogP contribution in [0.25, 0.3) is 0 Å². The highest BCUT2D eigenvalue weighted by Crippen LogP contribution is 2.24. The van der Waals surface area contributed by atoms with Gasteiger partial charge in [-0.05, 0) is 11.4 Å². The number of carbonyl (C=O) groups excluding carboxylic acids is 1. The average molecular weight is 228 g/mol. The van der Waals surface area contributed by atoms with Crippen LogP contribution in [0.4, 0.5) is 0 Å². The molecule has 0 radical (unpaired) electrons. The Kier molecular flexibility index (Phi) is 3.60. The van der Waals surface area contributed by atoms with Crippen LogP contribution in [0.5, 0.6) is 0 Å². The minimum absolute atomic E-state index is 0.0452. The summed E-state index contributed by atoms with van der Waals surface area (Å²) in [6.45, 7) is 1.50. The molecule has 5 heteroatoms. The van der Waals surface area contributed by atoms with Gasteiger partial charge in [0.15, 0.2) is 0 Å². The van der Waals surface area contributed by atoms with E-state index in [2.05, 4.69) is 0 Å². The fraction of sp³-hybridized carbons (Fsp3) is 0.333. The maximum Gasteiger partial charge on any atom is 0.220 e. The highest BCUT2D eigenvalue weighted by atomic mass is 32.1. The molecular formula is C9H12N2OS2. The van der Waals surface area contributed by atoms with E-state index < -0.39 is 0 Å². The largest absolute Gasteiger partial charge is 0.391 e. The summed E-state index contributed by atoms with van der Waals surface area (Å²) >= 11 is 6.49. The zero-order chi connectivity index (χ0) is 10.7. The highest BCUT2D eigenvalue weighted by Gasteiger charge is 2.22. The fourth-order valence-corrected chi connectivity index (χ4v) is 2.40. The third-order valence-electron chi connectivity index (χ3n) is 1.97. The average Bonchev–Trinajstić information content (AvgIpc) is 2.56. The summed E-state index contributed by atoms with van der Waals surface area (Å²) in [5.74, 6) is -0.0452. The predicted octanol–water partition coefficient (Wildman–Crippen LogP) is 1.55. The van der Waals surface area contributed by atoms with Gasteiger partial charge < -0.3 is 10.6 Å². The summed E-state index contributed by atoms with van der Waals surface area (Å²) in [6, 6.07) is 3.56. The highest BCUT2D eigenvalue weighted by molar-refractivity contribution is 7.80. The Morgan fingerprint density at radius 1 is 1.71 bits per heavy atom. The summed E-state index contributed by atoms with van der Waals surface area (Å²) in [6.07, 6.45) is 0. The van der Waals surface area contributed by atoms with Crippen LogP contribution in [0.1, 0.15) is 17.8 Å². The van der Waals surface area contributed by atoms with Gasteiger partial charge in [-0.1, -0.05) is 18.3 Å². The zero-order valence-corrected chi connectivity index (χ0v) is 9.69. The molecule has 0 aliphatic carbocycles. The molecule has 1 aromatic heterocycles. The molecule has 14 heavy (non-hydrogen) atoms. The van der Waals surface area contributed by atoms with Crippen molar-refractivity contribution in [2.75, 3.05) is 7.05 Å². The predicted molar refractivity (Wildman–Crippen MR) is 62.3 cm³/mol. The Hall–Kier alpha value is -0.940. The third-order valence-corrected chi connectivity index (χ3v) is 3.11. The molecule has 0 aromatic carbocycles. The van der Waals surface area contributed by atoms with Crippen molar-refractivity contribution in [3.63, 3.8) is 0 Å². The molecule has 1 amide bonds. The van der Waals surface area contributed by atoms with Gasteiger partial charge in [0.05, 0.1) is 0 Å². The number of amides is 1. The van der Waals surface area contributed by atoms with Gasteiger partial charge in [0.1, 0.15) is 11.0 Å². The summed E-state index contributed by atoms with van der Waals surface area (Å²) in [5.41, 5.74) is 5.61. The molecule has 2 N–H and O–H groups in total. The van der Waals surface area contributed by atoms with Crippen molar-refractivity contribution in [3.8, 4) is 0 Å². The van der Waals surface area contributed by atoms with Gasteiger partial charge in [-0.3, -0.25) is 4.79 Å². The maximum absolute atomic E-state index is 11.2. The second-order valence-electron chi connectivity index (χ2n) is 2.95. The van der Waals surface area contributed by atoms with Gasteiger partial charge in [0.25, 0.3) is 0 Å². The Bertz CT molecular complexity index is 335. The lowest BCUT2D eigenvalue weighted by Gasteiger charge is -2.25. The van der Waals surface area contributed by atoms with Crippen molar-refractivity contribution >= 4 is 34.5 Å². The van der Waals surface area contributed by atoms with Gasteiger partial charge in [-0.25, -0.2) is 0 Å². The van der Waals surface area contributed by atoms with Gasteiger partial charge in [0, 0.05) is 18.8 Å². The summed E-state index contributed by atoms with van der Waals surface area (Å²) < 4.78 is 0. The molecule has 0 fully saturated rings. The number of carbonyl (C=O) groups is 1. The molecule has 1 unspecified atom stereocenters. The number of thiophene rings is 1. The van der Waals surface area contributed by atoms with Crippen molar-refractivity contribution in [1.82, 2.24) is 4.90 Å². The van der Waals surface area contributed by atoms with Crippen molar-refractivity contribution in [2.24, 2.45) is 5.73 Å². The number of rotatable bonds is 3. The number of hydrogen-bond donors (Lipinski definition) is 1. The number of likely N-dealkylation sites (N-methyl/N-ethyl adjacent to an activating group) is 1. The molecule has 0 aliphatic rings. The summed E-state index contributed by atoms with van der Waals surface area (Å²) in [7, 11) is 1.70. The van der Waals surface area contributed by atoms with E-state index in [1.165, 1.54) is 6.92 Å². The van der Waals surface area contributed by atoms with Crippen LogP contribution in [-0.2, 0) is 4.79 Å². The van der Waals surface area contributed by atoms with Crippen LogP contribution in [0.2, 0.25) is 0 Å². The van der Waals surface area contributed by atoms with E-state index in [0.717, 1.165) is 4.88 Å². The Balaban J connectivity index is 2.97. The number of nitrogens with two attached hydrogens (primary N) is 1. The van der Waals surface area contributed by atoms with E-state index in [-0.39, 0.29) is 11.9 Å². The van der Waals surface area contributed by atoms with Crippen molar-refractivity contribution in [3.05, 3.63) is 22.4 Å². The molecule has 0 saturated heterocycles. The lowest BCUT2D eigenvalue weighted by Crippen LogP contribution is -2.36. The van der Waals surface area contributed by atoms with Crippen LogP contribution >= 0.6 is 23.6 Å². The number of thiocarbonyl (C=S) groups is 1. The van der Waals surface area contributed by atoms with E-state index in [1.807, 2.05) is 17.5 Å². The van der Waals surface area contributed by atoms with Crippen molar-refractivity contribution in [2.45, 2.75) is 13.0 Å². The second kappa shape index (κ2) is 4.52. The minimum atomic E-state index is -0.275. The lowest BCUT2D eigenvalue weighted by atomic mass is 10.2. The summed E-state index contributed by atoms with van der Waals surface area (Å²) in [5, 5.41) is 1.94. The van der Waals surface area contributed by atoms with Crippen LogP contribution in [-0.4, -0.2) is 22.8 Å². The first-order valence-electron chi connectivity index (χ1n) is 4.10. The molecule has 1 rings (SSSR count). The molecule has 3 nitrogen and oxygen atoms in total. The Labute approximate surface area is 92.5 Å².